The zero-order valence-electron chi connectivity index (χ0n) is 7.75. The number of rotatable bonds is 3. The van der Waals surface area contributed by atoms with Crippen LogP contribution in [0.2, 0.25) is 0 Å². The van der Waals surface area contributed by atoms with Crippen molar-refractivity contribution in [2.24, 2.45) is 0 Å². The standard InChI is InChI=1S/C10H13BrO2/c1-7(12)10-8(6-13-2)4-3-5-9(10)11/h3-5,7,12H,6H2,1-2H3. The third-order valence-electron chi connectivity index (χ3n) is 1.86. The van der Waals surface area contributed by atoms with Crippen LogP contribution in [0.5, 0.6) is 0 Å². The van der Waals surface area contributed by atoms with Crippen LogP contribution in [0.1, 0.15) is 24.2 Å². The van der Waals surface area contributed by atoms with E-state index >= 15 is 0 Å². The Morgan fingerprint density at radius 2 is 2.23 bits per heavy atom. The molecule has 1 aromatic carbocycles. The van der Waals surface area contributed by atoms with Gasteiger partial charge in [-0.05, 0) is 24.1 Å². The van der Waals surface area contributed by atoms with Crippen molar-refractivity contribution in [1.29, 1.82) is 0 Å². The van der Waals surface area contributed by atoms with Gasteiger partial charge in [-0.25, -0.2) is 0 Å². The topological polar surface area (TPSA) is 29.5 Å². The molecule has 0 aliphatic carbocycles. The molecule has 0 bridgehead atoms. The molecule has 0 radical (unpaired) electrons. The number of benzene rings is 1. The summed E-state index contributed by atoms with van der Waals surface area (Å²) in [5.74, 6) is 0. The van der Waals surface area contributed by atoms with Gasteiger partial charge in [0.25, 0.3) is 0 Å². The van der Waals surface area contributed by atoms with Crippen molar-refractivity contribution in [3.63, 3.8) is 0 Å². The molecule has 0 aliphatic rings. The molecular formula is C10H13BrO2. The smallest absolute Gasteiger partial charge is 0.0776 e. The third kappa shape index (κ3) is 2.53. The third-order valence-corrected chi connectivity index (χ3v) is 2.55. The maximum Gasteiger partial charge on any atom is 0.0776 e. The van der Waals surface area contributed by atoms with Crippen LogP contribution < -0.4 is 0 Å². The van der Waals surface area contributed by atoms with E-state index in [1.54, 1.807) is 14.0 Å². The molecule has 0 saturated carbocycles. The van der Waals surface area contributed by atoms with E-state index in [-0.39, 0.29) is 0 Å². The van der Waals surface area contributed by atoms with Crippen molar-refractivity contribution in [3.8, 4) is 0 Å². The van der Waals surface area contributed by atoms with Crippen molar-refractivity contribution < 1.29 is 9.84 Å². The molecule has 1 rings (SSSR count). The van der Waals surface area contributed by atoms with Gasteiger partial charge in [0, 0.05) is 11.6 Å². The molecule has 0 heterocycles. The van der Waals surface area contributed by atoms with Crippen LogP contribution in [-0.2, 0) is 11.3 Å². The number of hydrogen-bond donors (Lipinski definition) is 1. The van der Waals surface area contributed by atoms with E-state index in [4.69, 9.17) is 4.74 Å². The summed E-state index contributed by atoms with van der Waals surface area (Å²) in [6, 6.07) is 5.81. The van der Waals surface area contributed by atoms with Gasteiger partial charge in [0.1, 0.15) is 0 Å². The predicted molar refractivity (Wildman–Crippen MR) is 55.5 cm³/mol. The van der Waals surface area contributed by atoms with E-state index in [1.165, 1.54) is 0 Å². The molecule has 1 atom stereocenters. The minimum Gasteiger partial charge on any atom is -0.389 e. The summed E-state index contributed by atoms with van der Waals surface area (Å²) in [6.45, 7) is 2.28. The van der Waals surface area contributed by atoms with Crippen LogP contribution in [0.15, 0.2) is 22.7 Å². The summed E-state index contributed by atoms with van der Waals surface area (Å²) in [6.07, 6.45) is -0.472. The molecule has 0 aromatic heterocycles. The minimum atomic E-state index is -0.472. The van der Waals surface area contributed by atoms with E-state index in [0.717, 1.165) is 15.6 Å². The highest BCUT2D eigenvalue weighted by atomic mass is 79.9. The molecule has 1 aromatic rings. The Hall–Kier alpha value is -0.380. The van der Waals surface area contributed by atoms with Gasteiger partial charge in [-0.1, -0.05) is 28.1 Å². The lowest BCUT2D eigenvalue weighted by molar-refractivity contribution is 0.170. The maximum atomic E-state index is 9.53. The summed E-state index contributed by atoms with van der Waals surface area (Å²) in [5.41, 5.74) is 1.93. The first-order chi connectivity index (χ1) is 6.16. The Morgan fingerprint density at radius 3 is 2.77 bits per heavy atom. The first kappa shape index (κ1) is 10.7. The molecule has 2 nitrogen and oxygen atoms in total. The van der Waals surface area contributed by atoms with Crippen molar-refractivity contribution in [2.45, 2.75) is 19.6 Å². The van der Waals surface area contributed by atoms with Gasteiger partial charge in [-0.2, -0.15) is 0 Å². The lowest BCUT2D eigenvalue weighted by atomic mass is 10.0. The van der Waals surface area contributed by atoms with Crippen molar-refractivity contribution in [2.75, 3.05) is 7.11 Å². The lowest BCUT2D eigenvalue weighted by Gasteiger charge is -2.13. The molecule has 0 amide bonds. The van der Waals surface area contributed by atoms with Gasteiger partial charge >= 0.3 is 0 Å². The Morgan fingerprint density at radius 1 is 1.54 bits per heavy atom. The average Bonchev–Trinajstić information content (AvgIpc) is 2.04. The van der Waals surface area contributed by atoms with E-state index < -0.39 is 6.10 Å². The average molecular weight is 245 g/mol. The number of halogens is 1. The Balaban J connectivity index is 3.10. The number of ether oxygens (including phenoxy) is 1. The fourth-order valence-electron chi connectivity index (χ4n) is 1.33. The second-order valence-electron chi connectivity index (χ2n) is 2.92. The molecule has 0 fully saturated rings. The van der Waals surface area contributed by atoms with E-state index in [0.29, 0.717) is 6.61 Å². The van der Waals surface area contributed by atoms with Gasteiger partial charge in [-0.15, -0.1) is 0 Å². The summed E-state index contributed by atoms with van der Waals surface area (Å²) in [7, 11) is 1.65. The first-order valence-corrected chi connectivity index (χ1v) is 4.90. The fraction of sp³-hybridized carbons (Fsp3) is 0.400. The van der Waals surface area contributed by atoms with Gasteiger partial charge in [0.15, 0.2) is 0 Å². The molecular weight excluding hydrogens is 232 g/mol. The van der Waals surface area contributed by atoms with Crippen LogP contribution in [0.4, 0.5) is 0 Å². The van der Waals surface area contributed by atoms with E-state index in [1.807, 2.05) is 18.2 Å². The predicted octanol–water partition coefficient (Wildman–Crippen LogP) is 2.65. The van der Waals surface area contributed by atoms with Crippen molar-refractivity contribution >= 4 is 15.9 Å². The van der Waals surface area contributed by atoms with Crippen LogP contribution in [0.3, 0.4) is 0 Å². The summed E-state index contributed by atoms with van der Waals surface area (Å²) < 4.78 is 5.97. The lowest BCUT2D eigenvalue weighted by Crippen LogP contribution is -2.00. The molecule has 0 aliphatic heterocycles. The highest BCUT2D eigenvalue weighted by Gasteiger charge is 2.10. The van der Waals surface area contributed by atoms with Crippen LogP contribution >= 0.6 is 15.9 Å². The Labute approximate surface area is 86.7 Å². The van der Waals surface area contributed by atoms with Crippen molar-refractivity contribution in [3.05, 3.63) is 33.8 Å². The van der Waals surface area contributed by atoms with Gasteiger partial charge in [-0.3, -0.25) is 0 Å². The normalized spacial score (nSPS) is 12.9. The van der Waals surface area contributed by atoms with Crippen molar-refractivity contribution in [1.82, 2.24) is 0 Å². The SMILES string of the molecule is COCc1cccc(Br)c1C(C)O. The molecule has 72 valence electrons. The molecule has 0 saturated heterocycles. The monoisotopic (exact) mass is 244 g/mol. The van der Waals surface area contributed by atoms with Crippen LogP contribution in [-0.4, -0.2) is 12.2 Å². The summed E-state index contributed by atoms with van der Waals surface area (Å²) in [5, 5.41) is 9.53. The molecule has 0 spiro atoms. The number of aliphatic hydroxyl groups excluding tert-OH is 1. The highest BCUT2D eigenvalue weighted by Crippen LogP contribution is 2.27. The highest BCUT2D eigenvalue weighted by molar-refractivity contribution is 9.10. The zero-order valence-corrected chi connectivity index (χ0v) is 9.34. The molecule has 3 heteroatoms. The second kappa shape index (κ2) is 4.74. The number of hydrogen-bond acceptors (Lipinski definition) is 2. The zero-order chi connectivity index (χ0) is 9.84. The fourth-order valence-corrected chi connectivity index (χ4v) is 2.07. The van der Waals surface area contributed by atoms with E-state index in [2.05, 4.69) is 15.9 Å². The quantitative estimate of drug-likeness (QED) is 0.886. The molecule has 1 N–H and O–H groups in total. The molecule has 13 heavy (non-hydrogen) atoms. The van der Waals surface area contributed by atoms with Gasteiger partial charge < -0.3 is 9.84 Å². The number of aliphatic hydroxyl groups is 1. The molecule has 1 unspecified atom stereocenters. The van der Waals surface area contributed by atoms with Gasteiger partial charge in [0.05, 0.1) is 12.7 Å². The van der Waals surface area contributed by atoms with Crippen LogP contribution in [0.25, 0.3) is 0 Å². The summed E-state index contributed by atoms with van der Waals surface area (Å²) in [4.78, 5) is 0. The second-order valence-corrected chi connectivity index (χ2v) is 3.78. The summed E-state index contributed by atoms with van der Waals surface area (Å²) >= 11 is 3.40. The minimum absolute atomic E-state index is 0.472. The van der Waals surface area contributed by atoms with Gasteiger partial charge in [0.2, 0.25) is 0 Å². The first-order valence-electron chi connectivity index (χ1n) is 4.11. The van der Waals surface area contributed by atoms with Crippen LogP contribution in [0, 0.1) is 0 Å². The Kier molecular flexibility index (Phi) is 3.90. The Bertz CT molecular complexity index is 284. The number of methoxy groups -OCH3 is 1. The van der Waals surface area contributed by atoms with E-state index in [9.17, 15) is 5.11 Å². The largest absolute Gasteiger partial charge is 0.389 e. The maximum absolute atomic E-state index is 9.53.